The normalized spacial score (nSPS) is 15.8. The largest absolute Gasteiger partial charge is 0.314 e. The Morgan fingerprint density at radius 1 is 1.29 bits per heavy atom. The van der Waals surface area contributed by atoms with Crippen LogP contribution in [0.3, 0.4) is 0 Å². The molecule has 1 saturated carbocycles. The fourth-order valence-electron chi connectivity index (χ4n) is 2.75. The summed E-state index contributed by atoms with van der Waals surface area (Å²) in [7, 11) is 0. The van der Waals surface area contributed by atoms with Crippen molar-refractivity contribution >= 4 is 45.0 Å². The van der Waals surface area contributed by atoms with Crippen molar-refractivity contribution in [2.24, 2.45) is 0 Å². The van der Waals surface area contributed by atoms with Crippen molar-refractivity contribution < 1.29 is 0 Å². The maximum atomic E-state index is 4.36. The van der Waals surface area contributed by atoms with Gasteiger partial charge in [-0.15, -0.1) is 23.1 Å². The first-order valence-electron chi connectivity index (χ1n) is 7.20. The number of aromatic amines is 1. The Morgan fingerprint density at radius 2 is 2.19 bits per heavy atom. The first kappa shape index (κ1) is 13.2. The maximum absolute atomic E-state index is 4.36. The molecule has 4 nitrogen and oxygen atoms in total. The molecule has 0 atom stereocenters. The van der Waals surface area contributed by atoms with Gasteiger partial charge in [0.05, 0.1) is 5.52 Å². The summed E-state index contributed by atoms with van der Waals surface area (Å²) in [5.74, 6) is 0.855. The zero-order valence-corrected chi connectivity index (χ0v) is 13.1. The standard InChI is InChI=1S/C15H16N4S2/c1-2-4-10(3-1)21-11-5-6-13-12(9-11)14(19-18-13)17-15-16-7-8-20-15/h5-10H,1-4H2,(H2,16,17,18,19). The van der Waals surface area contributed by atoms with E-state index in [4.69, 9.17) is 0 Å². The number of hydrogen-bond donors (Lipinski definition) is 2. The van der Waals surface area contributed by atoms with Crippen molar-refractivity contribution in [3.63, 3.8) is 0 Å². The lowest BCUT2D eigenvalue weighted by atomic mass is 10.2. The molecule has 1 aromatic carbocycles. The van der Waals surface area contributed by atoms with Crippen molar-refractivity contribution in [2.75, 3.05) is 5.32 Å². The Kier molecular flexibility index (Phi) is 3.57. The lowest BCUT2D eigenvalue weighted by Crippen LogP contribution is -1.93. The van der Waals surface area contributed by atoms with E-state index in [1.165, 1.54) is 30.6 Å². The van der Waals surface area contributed by atoms with Gasteiger partial charge in [-0.05, 0) is 31.0 Å². The van der Waals surface area contributed by atoms with Gasteiger partial charge in [0.1, 0.15) is 0 Å². The average Bonchev–Trinajstić information content (AvgIpc) is 3.22. The Labute approximate surface area is 131 Å². The molecule has 4 rings (SSSR count). The lowest BCUT2D eigenvalue weighted by Gasteiger charge is -2.08. The van der Waals surface area contributed by atoms with Crippen LogP contribution in [0.1, 0.15) is 25.7 Å². The highest BCUT2D eigenvalue weighted by molar-refractivity contribution is 8.00. The van der Waals surface area contributed by atoms with Gasteiger partial charge in [-0.25, -0.2) is 4.98 Å². The minimum absolute atomic E-state index is 0.782. The molecule has 0 spiro atoms. The molecule has 0 amide bonds. The summed E-state index contributed by atoms with van der Waals surface area (Å²) in [5, 5.41) is 15.5. The van der Waals surface area contributed by atoms with Crippen molar-refractivity contribution in [2.45, 2.75) is 35.8 Å². The van der Waals surface area contributed by atoms with E-state index < -0.39 is 0 Å². The van der Waals surface area contributed by atoms with Gasteiger partial charge in [0.2, 0.25) is 0 Å². The molecule has 6 heteroatoms. The van der Waals surface area contributed by atoms with Crippen LogP contribution in [0.15, 0.2) is 34.7 Å². The SMILES string of the molecule is c1csc(Nc2n[nH]c3ccc(SC4CCCC4)cc23)n1. The maximum Gasteiger partial charge on any atom is 0.188 e. The number of benzene rings is 1. The number of thioether (sulfide) groups is 1. The summed E-state index contributed by atoms with van der Waals surface area (Å²) in [6.07, 6.45) is 7.24. The van der Waals surface area contributed by atoms with Crippen molar-refractivity contribution in [1.82, 2.24) is 15.2 Å². The van der Waals surface area contributed by atoms with Crippen LogP contribution in [0, 0.1) is 0 Å². The Morgan fingerprint density at radius 3 is 3.00 bits per heavy atom. The number of aromatic nitrogens is 3. The molecule has 3 aromatic rings. The van der Waals surface area contributed by atoms with E-state index in [9.17, 15) is 0 Å². The topological polar surface area (TPSA) is 53.6 Å². The quantitative estimate of drug-likeness (QED) is 0.726. The zero-order valence-electron chi connectivity index (χ0n) is 11.5. The Bertz CT molecular complexity index is 729. The lowest BCUT2D eigenvalue weighted by molar-refractivity contribution is 0.886. The van der Waals surface area contributed by atoms with Crippen molar-refractivity contribution in [3.05, 3.63) is 29.8 Å². The minimum Gasteiger partial charge on any atom is -0.314 e. The van der Waals surface area contributed by atoms with Crippen LogP contribution in [0.25, 0.3) is 10.9 Å². The van der Waals surface area contributed by atoms with Gasteiger partial charge in [0.25, 0.3) is 0 Å². The monoisotopic (exact) mass is 316 g/mol. The molecule has 108 valence electrons. The van der Waals surface area contributed by atoms with Gasteiger partial charge in [-0.2, -0.15) is 5.10 Å². The number of nitrogens with one attached hydrogen (secondary N) is 2. The van der Waals surface area contributed by atoms with Gasteiger partial charge in [0, 0.05) is 27.1 Å². The van der Waals surface area contributed by atoms with E-state index in [-0.39, 0.29) is 0 Å². The van der Waals surface area contributed by atoms with Crippen LogP contribution in [0.4, 0.5) is 10.9 Å². The molecular weight excluding hydrogens is 300 g/mol. The van der Waals surface area contributed by atoms with E-state index in [0.29, 0.717) is 0 Å². The summed E-state index contributed by atoms with van der Waals surface area (Å²) < 4.78 is 0. The van der Waals surface area contributed by atoms with E-state index >= 15 is 0 Å². The van der Waals surface area contributed by atoms with E-state index in [0.717, 1.165) is 27.1 Å². The Balaban J connectivity index is 1.62. The molecule has 0 radical (unpaired) electrons. The second kappa shape index (κ2) is 5.69. The number of thiazole rings is 1. The Hall–Kier alpha value is -1.53. The summed E-state index contributed by atoms with van der Waals surface area (Å²) in [4.78, 5) is 5.58. The molecule has 0 bridgehead atoms. The molecule has 0 aliphatic heterocycles. The minimum atomic E-state index is 0.782. The van der Waals surface area contributed by atoms with Crippen LogP contribution >= 0.6 is 23.1 Å². The fraction of sp³-hybridized carbons (Fsp3) is 0.333. The number of rotatable bonds is 4. The molecule has 0 saturated heterocycles. The van der Waals surface area contributed by atoms with Crippen LogP contribution in [-0.4, -0.2) is 20.4 Å². The molecule has 2 N–H and O–H groups in total. The molecule has 2 heterocycles. The van der Waals surface area contributed by atoms with Gasteiger partial charge in [-0.3, -0.25) is 5.10 Å². The predicted molar refractivity (Wildman–Crippen MR) is 89.6 cm³/mol. The number of anilines is 2. The molecule has 1 aliphatic carbocycles. The third-order valence-electron chi connectivity index (χ3n) is 3.80. The number of fused-ring (bicyclic) bond motifs is 1. The molecule has 1 aliphatic rings. The zero-order chi connectivity index (χ0) is 14.1. The van der Waals surface area contributed by atoms with Crippen molar-refractivity contribution in [3.8, 4) is 0 Å². The molecule has 21 heavy (non-hydrogen) atoms. The van der Waals surface area contributed by atoms with Crippen LogP contribution in [0.5, 0.6) is 0 Å². The van der Waals surface area contributed by atoms with Gasteiger partial charge in [-0.1, -0.05) is 12.8 Å². The molecule has 1 fully saturated rings. The second-order valence-corrected chi connectivity index (χ2v) is 7.53. The average molecular weight is 316 g/mol. The smallest absolute Gasteiger partial charge is 0.188 e. The first-order chi connectivity index (χ1) is 10.4. The van der Waals surface area contributed by atoms with Crippen LogP contribution in [0.2, 0.25) is 0 Å². The summed E-state index contributed by atoms with van der Waals surface area (Å²) in [6, 6.07) is 6.54. The van der Waals surface area contributed by atoms with Crippen molar-refractivity contribution in [1.29, 1.82) is 0 Å². The number of nitrogens with zero attached hydrogens (tertiary/aromatic N) is 2. The molecule has 2 aromatic heterocycles. The fourth-order valence-corrected chi connectivity index (χ4v) is 4.56. The summed E-state index contributed by atoms with van der Waals surface area (Å²) in [5.41, 5.74) is 1.06. The third kappa shape index (κ3) is 2.78. The first-order valence-corrected chi connectivity index (χ1v) is 8.96. The number of H-pyrrole nitrogens is 1. The van der Waals surface area contributed by atoms with Gasteiger partial charge < -0.3 is 5.32 Å². The van der Waals surface area contributed by atoms with Gasteiger partial charge >= 0.3 is 0 Å². The van der Waals surface area contributed by atoms with E-state index in [2.05, 4.69) is 38.7 Å². The highest BCUT2D eigenvalue weighted by Crippen LogP contribution is 2.36. The van der Waals surface area contributed by atoms with E-state index in [1.54, 1.807) is 17.5 Å². The highest BCUT2D eigenvalue weighted by atomic mass is 32.2. The van der Waals surface area contributed by atoms with Crippen LogP contribution < -0.4 is 5.32 Å². The van der Waals surface area contributed by atoms with Crippen LogP contribution in [-0.2, 0) is 0 Å². The van der Waals surface area contributed by atoms with E-state index in [1.807, 2.05) is 17.1 Å². The number of hydrogen-bond acceptors (Lipinski definition) is 5. The second-order valence-electron chi connectivity index (χ2n) is 5.27. The van der Waals surface area contributed by atoms with Gasteiger partial charge in [0.15, 0.2) is 10.9 Å². The predicted octanol–water partition coefficient (Wildman–Crippen LogP) is 4.80. The third-order valence-corrected chi connectivity index (χ3v) is 5.82. The summed E-state index contributed by atoms with van der Waals surface area (Å²) in [6.45, 7) is 0. The highest BCUT2D eigenvalue weighted by Gasteiger charge is 2.17. The molecular formula is C15H16N4S2. The summed E-state index contributed by atoms with van der Waals surface area (Å²) >= 11 is 3.58. The molecule has 0 unspecified atom stereocenters.